The second kappa shape index (κ2) is 12.3. The van der Waals surface area contributed by atoms with E-state index in [0.29, 0.717) is 44.1 Å². The van der Waals surface area contributed by atoms with E-state index in [0.717, 1.165) is 63.8 Å². The molecule has 1 aliphatic heterocycles. The van der Waals surface area contributed by atoms with Gasteiger partial charge in [-0.3, -0.25) is 9.59 Å². The Balaban J connectivity index is 1.45. The van der Waals surface area contributed by atoms with Crippen LogP contribution in [0, 0.1) is 6.92 Å². The van der Waals surface area contributed by atoms with Crippen LogP contribution in [0.15, 0.2) is 93.7 Å². The van der Waals surface area contributed by atoms with Gasteiger partial charge in [-0.1, -0.05) is 60.2 Å². The maximum atomic E-state index is 13.8. The molecule has 0 saturated heterocycles. The largest absolute Gasteiger partial charge is 0.490 e. The van der Waals surface area contributed by atoms with Crippen LogP contribution in [-0.4, -0.2) is 23.1 Å². The first-order chi connectivity index (χ1) is 20.4. The van der Waals surface area contributed by atoms with E-state index < -0.39 is 5.92 Å². The molecule has 0 bridgehead atoms. The van der Waals surface area contributed by atoms with Crippen molar-refractivity contribution in [3.05, 3.63) is 116 Å². The molecular weight excluding hydrogens is 590 g/mol. The number of carbonyl (C=O) groups excluding carboxylic acids is 2. The lowest BCUT2D eigenvalue weighted by Gasteiger charge is -2.44. The van der Waals surface area contributed by atoms with E-state index in [1.807, 2.05) is 37.3 Å². The van der Waals surface area contributed by atoms with Crippen molar-refractivity contribution in [3.63, 3.8) is 0 Å². The van der Waals surface area contributed by atoms with Crippen molar-refractivity contribution in [2.24, 2.45) is 0 Å². The minimum Gasteiger partial charge on any atom is -0.490 e. The van der Waals surface area contributed by atoms with Crippen LogP contribution in [0.5, 0.6) is 11.5 Å². The van der Waals surface area contributed by atoms with Crippen molar-refractivity contribution < 1.29 is 19.1 Å². The summed E-state index contributed by atoms with van der Waals surface area (Å²) in [6, 6.07) is 22.6. The average Bonchev–Trinajstić information content (AvgIpc) is 2.99. The molecule has 0 atom stereocenters. The van der Waals surface area contributed by atoms with E-state index in [9.17, 15) is 9.59 Å². The summed E-state index contributed by atoms with van der Waals surface area (Å²) < 4.78 is 13.2. The van der Waals surface area contributed by atoms with Crippen molar-refractivity contribution >= 4 is 27.5 Å². The fourth-order valence-electron chi connectivity index (χ4n) is 6.50. The summed E-state index contributed by atoms with van der Waals surface area (Å²) in [5, 5.41) is 0. The molecule has 3 aliphatic rings. The molecular formula is C36H36BrNO4. The number of halogens is 1. The van der Waals surface area contributed by atoms with Crippen LogP contribution < -0.4 is 9.47 Å². The highest BCUT2D eigenvalue weighted by molar-refractivity contribution is 9.10. The normalized spacial score (nSPS) is 17.4. The monoisotopic (exact) mass is 625 g/mol. The maximum Gasteiger partial charge on any atom is 0.175 e. The molecule has 0 fully saturated rings. The van der Waals surface area contributed by atoms with Crippen LogP contribution in [0.25, 0.3) is 0 Å². The van der Waals surface area contributed by atoms with Gasteiger partial charge in [0.25, 0.3) is 0 Å². The molecule has 216 valence electrons. The third kappa shape index (κ3) is 5.57. The quantitative estimate of drug-likeness (QED) is 0.252. The molecule has 3 aromatic carbocycles. The van der Waals surface area contributed by atoms with Crippen LogP contribution in [0.1, 0.15) is 73.6 Å². The molecule has 42 heavy (non-hydrogen) atoms. The van der Waals surface area contributed by atoms with E-state index in [2.05, 4.69) is 64.2 Å². The number of hydrogen-bond acceptors (Lipinski definition) is 5. The van der Waals surface area contributed by atoms with E-state index in [-0.39, 0.29) is 11.6 Å². The summed E-state index contributed by atoms with van der Waals surface area (Å²) in [6.45, 7) is 5.54. The van der Waals surface area contributed by atoms with Gasteiger partial charge in [-0.25, -0.2) is 0 Å². The molecule has 0 radical (unpaired) electrons. The summed E-state index contributed by atoms with van der Waals surface area (Å²) in [7, 11) is 0. The van der Waals surface area contributed by atoms with Gasteiger partial charge in [-0.2, -0.15) is 0 Å². The molecule has 6 heteroatoms. The minimum atomic E-state index is -0.413. The van der Waals surface area contributed by atoms with E-state index >= 15 is 0 Å². The predicted molar refractivity (Wildman–Crippen MR) is 167 cm³/mol. The number of allylic oxidation sites excluding steroid dienone is 4. The van der Waals surface area contributed by atoms with Gasteiger partial charge in [-0.15, -0.1) is 0 Å². The van der Waals surface area contributed by atoms with Gasteiger partial charge in [0.1, 0.15) is 6.61 Å². The van der Waals surface area contributed by atoms with Gasteiger partial charge in [-0.05, 0) is 84.3 Å². The fourth-order valence-corrected chi connectivity index (χ4v) is 7.08. The van der Waals surface area contributed by atoms with E-state index in [1.54, 1.807) is 0 Å². The van der Waals surface area contributed by atoms with Crippen molar-refractivity contribution in [2.45, 2.75) is 71.4 Å². The lowest BCUT2D eigenvalue weighted by Crippen LogP contribution is -2.38. The first-order valence-electron chi connectivity index (χ1n) is 14.9. The molecule has 3 aromatic rings. The minimum absolute atomic E-state index is 0.137. The number of aryl methyl sites for hydroxylation is 1. The summed E-state index contributed by atoms with van der Waals surface area (Å²) in [5.74, 6) is 1.09. The highest BCUT2D eigenvalue weighted by Crippen LogP contribution is 2.51. The smallest absolute Gasteiger partial charge is 0.175 e. The van der Waals surface area contributed by atoms with Crippen molar-refractivity contribution in [1.82, 2.24) is 4.90 Å². The lowest BCUT2D eigenvalue weighted by molar-refractivity contribution is -0.117. The maximum absolute atomic E-state index is 13.8. The van der Waals surface area contributed by atoms with E-state index in [4.69, 9.17) is 9.47 Å². The van der Waals surface area contributed by atoms with E-state index in [1.165, 1.54) is 11.1 Å². The predicted octanol–water partition coefficient (Wildman–Crippen LogP) is 8.35. The molecule has 0 N–H and O–H groups in total. The van der Waals surface area contributed by atoms with Crippen LogP contribution in [0.3, 0.4) is 0 Å². The molecule has 6 rings (SSSR count). The van der Waals surface area contributed by atoms with Crippen LogP contribution >= 0.6 is 15.9 Å². The number of ether oxygens (including phenoxy) is 2. The van der Waals surface area contributed by atoms with Crippen LogP contribution in [-0.2, 0) is 22.7 Å². The van der Waals surface area contributed by atoms with Crippen LogP contribution in [0.4, 0.5) is 0 Å². The van der Waals surface area contributed by atoms with Crippen molar-refractivity contribution in [1.29, 1.82) is 0 Å². The summed E-state index contributed by atoms with van der Waals surface area (Å²) >= 11 is 3.76. The zero-order valence-corrected chi connectivity index (χ0v) is 25.8. The molecule has 0 unspecified atom stereocenters. The Morgan fingerprint density at radius 2 is 1.45 bits per heavy atom. The lowest BCUT2D eigenvalue weighted by atomic mass is 9.71. The SMILES string of the molecule is CCOc1cc(C2C3=C(CCCC3=O)N(Cc3ccccc3)C3=C2C(=O)CCC3)cc(Br)c1OCc1ccc(C)cc1. The zero-order chi connectivity index (χ0) is 29.2. The molecule has 0 aromatic heterocycles. The average molecular weight is 627 g/mol. The van der Waals surface area contributed by atoms with Gasteiger partial charge in [0.2, 0.25) is 0 Å². The van der Waals surface area contributed by atoms with Gasteiger partial charge < -0.3 is 14.4 Å². The Morgan fingerprint density at radius 3 is 2.07 bits per heavy atom. The number of ketones is 2. The first kappa shape index (κ1) is 28.5. The summed E-state index contributed by atoms with van der Waals surface area (Å²) in [5.41, 5.74) is 8.01. The number of rotatable bonds is 8. The molecule has 1 heterocycles. The van der Waals surface area contributed by atoms with Gasteiger partial charge in [0, 0.05) is 47.8 Å². The number of Topliss-reactive ketones (excluding diaryl/α,β-unsaturated/α-hetero) is 2. The van der Waals surface area contributed by atoms with Crippen molar-refractivity contribution in [2.75, 3.05) is 6.61 Å². The topological polar surface area (TPSA) is 55.8 Å². The zero-order valence-electron chi connectivity index (χ0n) is 24.3. The Hall–Kier alpha value is -3.64. The Bertz CT molecular complexity index is 1530. The van der Waals surface area contributed by atoms with Crippen LogP contribution in [0.2, 0.25) is 0 Å². The molecule has 0 spiro atoms. The number of carbonyl (C=O) groups is 2. The van der Waals surface area contributed by atoms with Gasteiger partial charge in [0.05, 0.1) is 11.1 Å². The van der Waals surface area contributed by atoms with Gasteiger partial charge >= 0.3 is 0 Å². The number of nitrogens with zero attached hydrogens (tertiary/aromatic N) is 1. The van der Waals surface area contributed by atoms with Gasteiger partial charge in [0.15, 0.2) is 23.1 Å². The summed E-state index contributed by atoms with van der Waals surface area (Å²) in [4.78, 5) is 29.8. The second-order valence-electron chi connectivity index (χ2n) is 11.3. The second-order valence-corrected chi connectivity index (χ2v) is 12.2. The fraction of sp³-hybridized carbons (Fsp3) is 0.333. The van der Waals surface area contributed by atoms with Crippen molar-refractivity contribution in [3.8, 4) is 11.5 Å². The first-order valence-corrected chi connectivity index (χ1v) is 15.7. The Morgan fingerprint density at radius 1 is 0.810 bits per heavy atom. The summed E-state index contributed by atoms with van der Waals surface area (Å²) in [6.07, 6.45) is 4.31. The highest BCUT2D eigenvalue weighted by Gasteiger charge is 2.43. The Labute approximate surface area is 256 Å². The third-order valence-corrected chi connectivity index (χ3v) is 9.03. The standard InChI is InChI=1S/C36H36BrNO4/c1-3-41-32-20-26(19-27(37)36(32)42-22-25-17-15-23(2)16-18-25)33-34-28(11-7-13-30(34)39)38(21-24-9-5-4-6-10-24)29-12-8-14-31(40)35(29)33/h4-6,9-10,15-20,33H,3,7-8,11-14,21-22H2,1-2H3. The number of hydrogen-bond donors (Lipinski definition) is 0. The number of benzene rings is 3. The Kier molecular flexibility index (Phi) is 8.34. The molecule has 0 saturated carbocycles. The highest BCUT2D eigenvalue weighted by atomic mass is 79.9. The molecule has 5 nitrogen and oxygen atoms in total. The molecule has 0 amide bonds. The molecule has 2 aliphatic carbocycles. The third-order valence-electron chi connectivity index (χ3n) is 8.44.